The predicted octanol–water partition coefficient (Wildman–Crippen LogP) is 2.59. The minimum atomic E-state index is -3.31. The Morgan fingerprint density at radius 1 is 1.10 bits per heavy atom. The van der Waals surface area contributed by atoms with E-state index >= 15 is 0 Å². The molecule has 0 bridgehead atoms. The summed E-state index contributed by atoms with van der Waals surface area (Å²) < 4.78 is 41.0. The van der Waals surface area contributed by atoms with Crippen molar-refractivity contribution in [3.8, 4) is 0 Å². The van der Waals surface area contributed by atoms with Gasteiger partial charge in [0.15, 0.2) is 9.84 Å². The Balaban J connectivity index is 2.06. The van der Waals surface area contributed by atoms with Crippen LogP contribution in [-0.2, 0) is 21.2 Å². The summed E-state index contributed by atoms with van der Waals surface area (Å²) in [7, 11) is -3.31. The van der Waals surface area contributed by atoms with E-state index < -0.39 is 21.6 Å². The number of sulfone groups is 1. The van der Waals surface area contributed by atoms with Crippen molar-refractivity contribution in [2.45, 2.75) is 11.5 Å². The number of ether oxygens (including phenoxy) is 1. The van der Waals surface area contributed by atoms with Gasteiger partial charge in [-0.2, -0.15) is 0 Å². The number of halogens is 1. The number of carbonyl (C=O) groups is 1. The van der Waals surface area contributed by atoms with Crippen LogP contribution in [0.25, 0.3) is 0 Å². The molecule has 0 fully saturated rings. The Morgan fingerprint density at radius 2 is 1.71 bits per heavy atom. The lowest BCUT2D eigenvalue weighted by Gasteiger charge is -2.06. The molecule has 2 aromatic rings. The molecule has 4 nitrogen and oxygen atoms in total. The maximum absolute atomic E-state index is 13.4. The van der Waals surface area contributed by atoms with E-state index in [1.54, 1.807) is 12.1 Å². The summed E-state index contributed by atoms with van der Waals surface area (Å²) in [5, 5.41) is 0. The monoisotopic (exact) mass is 308 g/mol. The molecule has 0 saturated carbocycles. The van der Waals surface area contributed by atoms with Crippen molar-refractivity contribution < 1.29 is 22.3 Å². The van der Waals surface area contributed by atoms with Gasteiger partial charge in [-0.25, -0.2) is 17.6 Å². The van der Waals surface area contributed by atoms with Crippen LogP contribution in [0.4, 0.5) is 4.39 Å². The molecule has 0 heterocycles. The molecule has 0 radical (unpaired) electrons. The van der Waals surface area contributed by atoms with Crippen molar-refractivity contribution in [2.75, 3.05) is 6.26 Å². The number of rotatable bonds is 4. The van der Waals surface area contributed by atoms with Crippen LogP contribution in [0.5, 0.6) is 0 Å². The van der Waals surface area contributed by atoms with Crippen LogP contribution in [-0.4, -0.2) is 20.6 Å². The van der Waals surface area contributed by atoms with Crippen molar-refractivity contribution in [3.63, 3.8) is 0 Å². The molecule has 21 heavy (non-hydrogen) atoms. The zero-order chi connectivity index (χ0) is 15.5. The third kappa shape index (κ3) is 3.88. The van der Waals surface area contributed by atoms with E-state index in [2.05, 4.69) is 0 Å². The first-order valence-corrected chi connectivity index (χ1v) is 7.98. The average molecular weight is 308 g/mol. The molecule has 0 atom stereocenters. The summed E-state index contributed by atoms with van der Waals surface area (Å²) >= 11 is 0. The Morgan fingerprint density at radius 3 is 2.29 bits per heavy atom. The van der Waals surface area contributed by atoms with E-state index in [1.165, 1.54) is 36.4 Å². The third-order valence-corrected chi connectivity index (χ3v) is 3.96. The molecule has 6 heteroatoms. The number of hydrogen-bond acceptors (Lipinski definition) is 4. The summed E-state index contributed by atoms with van der Waals surface area (Å²) in [6.07, 6.45) is 1.08. The minimum absolute atomic E-state index is 0.119. The number of carbonyl (C=O) groups excluding carboxylic acids is 1. The highest BCUT2D eigenvalue weighted by atomic mass is 32.2. The Hall–Kier alpha value is -2.21. The lowest BCUT2D eigenvalue weighted by atomic mass is 10.2. The smallest absolute Gasteiger partial charge is 0.338 e. The molecule has 0 N–H and O–H groups in total. The molecule has 2 rings (SSSR count). The lowest BCUT2D eigenvalue weighted by Crippen LogP contribution is -2.07. The van der Waals surface area contributed by atoms with Crippen LogP contribution in [0.15, 0.2) is 53.4 Å². The molecule has 0 spiro atoms. The molecule has 0 aliphatic rings. The van der Waals surface area contributed by atoms with Crippen molar-refractivity contribution >= 4 is 15.8 Å². The van der Waals surface area contributed by atoms with Gasteiger partial charge >= 0.3 is 5.97 Å². The van der Waals surface area contributed by atoms with E-state index in [4.69, 9.17) is 4.74 Å². The first kappa shape index (κ1) is 15.2. The molecule has 0 aromatic heterocycles. The summed E-state index contributed by atoms with van der Waals surface area (Å²) in [6, 6.07) is 11.4. The highest BCUT2D eigenvalue weighted by Gasteiger charge is 2.11. The highest BCUT2D eigenvalue weighted by Crippen LogP contribution is 2.13. The number of hydrogen-bond donors (Lipinski definition) is 0. The van der Waals surface area contributed by atoms with Crippen LogP contribution in [0.1, 0.15) is 15.9 Å². The van der Waals surface area contributed by atoms with Crippen LogP contribution in [0.2, 0.25) is 0 Å². The van der Waals surface area contributed by atoms with E-state index in [0.29, 0.717) is 0 Å². The van der Waals surface area contributed by atoms with Gasteiger partial charge in [-0.05, 0) is 30.3 Å². The van der Waals surface area contributed by atoms with Gasteiger partial charge in [0.25, 0.3) is 0 Å². The summed E-state index contributed by atoms with van der Waals surface area (Å²) in [5.74, 6) is -1.09. The van der Waals surface area contributed by atoms with Gasteiger partial charge in [0.1, 0.15) is 12.4 Å². The summed E-state index contributed by atoms with van der Waals surface area (Å²) in [4.78, 5) is 11.9. The highest BCUT2D eigenvalue weighted by molar-refractivity contribution is 7.90. The Bertz CT molecular complexity index is 751. The van der Waals surface area contributed by atoms with Crippen molar-refractivity contribution in [1.82, 2.24) is 0 Å². The molecular formula is C15H13FO4S. The lowest BCUT2D eigenvalue weighted by molar-refractivity contribution is 0.0469. The van der Waals surface area contributed by atoms with E-state index in [-0.39, 0.29) is 22.6 Å². The van der Waals surface area contributed by atoms with Gasteiger partial charge in [0, 0.05) is 11.8 Å². The van der Waals surface area contributed by atoms with Gasteiger partial charge in [-0.15, -0.1) is 0 Å². The second kappa shape index (κ2) is 6.05. The van der Waals surface area contributed by atoms with Gasteiger partial charge in [-0.1, -0.05) is 18.2 Å². The van der Waals surface area contributed by atoms with Crippen LogP contribution in [0, 0.1) is 5.82 Å². The van der Waals surface area contributed by atoms with Crippen LogP contribution >= 0.6 is 0 Å². The average Bonchev–Trinajstić information content (AvgIpc) is 2.45. The van der Waals surface area contributed by atoms with Gasteiger partial charge < -0.3 is 4.74 Å². The van der Waals surface area contributed by atoms with Crippen LogP contribution < -0.4 is 0 Å². The van der Waals surface area contributed by atoms with Gasteiger partial charge in [0.2, 0.25) is 0 Å². The fourth-order valence-corrected chi connectivity index (χ4v) is 2.31. The zero-order valence-corrected chi connectivity index (χ0v) is 12.1. The zero-order valence-electron chi connectivity index (χ0n) is 11.2. The third-order valence-electron chi connectivity index (χ3n) is 2.83. The summed E-state index contributed by atoms with van der Waals surface area (Å²) in [5.41, 5.74) is 0.484. The second-order valence-corrected chi connectivity index (χ2v) is 6.48. The molecule has 2 aromatic carbocycles. The summed E-state index contributed by atoms with van der Waals surface area (Å²) in [6.45, 7) is -0.181. The number of benzene rings is 2. The molecule has 0 amide bonds. The standard InChI is InChI=1S/C15H13FO4S/c1-21(18,19)13-8-6-11(7-9-13)15(17)20-10-12-4-2-3-5-14(12)16/h2-9H,10H2,1H3. The normalized spacial score (nSPS) is 11.1. The minimum Gasteiger partial charge on any atom is -0.457 e. The number of esters is 1. The van der Waals surface area contributed by atoms with E-state index in [0.717, 1.165) is 6.26 Å². The maximum Gasteiger partial charge on any atom is 0.338 e. The first-order valence-electron chi connectivity index (χ1n) is 6.08. The second-order valence-electron chi connectivity index (χ2n) is 4.46. The van der Waals surface area contributed by atoms with Gasteiger partial charge in [-0.3, -0.25) is 0 Å². The fraction of sp³-hybridized carbons (Fsp3) is 0.133. The molecular weight excluding hydrogens is 295 g/mol. The fourth-order valence-electron chi connectivity index (χ4n) is 1.68. The Kier molecular flexibility index (Phi) is 4.37. The van der Waals surface area contributed by atoms with Crippen molar-refractivity contribution in [1.29, 1.82) is 0 Å². The molecule has 0 aliphatic carbocycles. The van der Waals surface area contributed by atoms with Crippen LogP contribution in [0.3, 0.4) is 0 Å². The topological polar surface area (TPSA) is 60.4 Å². The molecule has 0 saturated heterocycles. The maximum atomic E-state index is 13.4. The molecule has 110 valence electrons. The van der Waals surface area contributed by atoms with Crippen molar-refractivity contribution in [3.05, 3.63) is 65.5 Å². The SMILES string of the molecule is CS(=O)(=O)c1ccc(C(=O)OCc2ccccc2F)cc1. The van der Waals surface area contributed by atoms with Gasteiger partial charge in [0.05, 0.1) is 10.5 Å². The van der Waals surface area contributed by atoms with E-state index in [9.17, 15) is 17.6 Å². The first-order chi connectivity index (χ1) is 9.88. The predicted molar refractivity (Wildman–Crippen MR) is 75.1 cm³/mol. The quantitative estimate of drug-likeness (QED) is 0.815. The molecule has 0 unspecified atom stereocenters. The van der Waals surface area contributed by atoms with E-state index in [1.807, 2.05) is 0 Å². The molecule has 0 aliphatic heterocycles. The van der Waals surface area contributed by atoms with Crippen molar-refractivity contribution in [2.24, 2.45) is 0 Å². The largest absolute Gasteiger partial charge is 0.457 e. The Labute approximate surface area is 122 Å².